The second-order valence-corrected chi connectivity index (χ2v) is 3.05. The largest absolute Gasteiger partial charge is 1.00 e. The van der Waals surface area contributed by atoms with E-state index < -0.39 is 5.97 Å². The molecule has 0 bridgehead atoms. The number of hydrogen-bond donors (Lipinski definition) is 2. The molecule has 0 saturated carbocycles. The van der Waals surface area contributed by atoms with Crippen LogP contribution in [0.2, 0.25) is 0 Å². The summed E-state index contributed by atoms with van der Waals surface area (Å²) in [4.78, 5) is 14.2. The molecule has 7 heteroatoms. The van der Waals surface area contributed by atoms with E-state index in [0.717, 1.165) is 11.3 Å². The van der Waals surface area contributed by atoms with Crippen LogP contribution in [0.25, 0.3) is 0 Å². The zero-order chi connectivity index (χ0) is 9.14. The number of nitrogens with zero attached hydrogens (tertiary/aromatic N) is 1. The monoisotopic (exact) mass is 209 g/mol. The number of carbonyl (C=O) groups is 1. The van der Waals surface area contributed by atoms with Gasteiger partial charge >= 0.3 is 29.6 Å². The van der Waals surface area contributed by atoms with E-state index in [2.05, 4.69) is 10.3 Å². The Kier molecular flexibility index (Phi) is 5.31. The molecule has 0 atom stereocenters. The summed E-state index contributed by atoms with van der Waals surface area (Å²) in [5.41, 5.74) is 5.31. The average Bonchev–Trinajstić information content (AvgIpc) is 2.32. The van der Waals surface area contributed by atoms with Gasteiger partial charge in [0.15, 0.2) is 5.13 Å². The summed E-state index contributed by atoms with van der Waals surface area (Å²) in [6, 6.07) is 0. The molecule has 3 N–H and O–H groups in total. The number of carbonyl (C=O) groups excluding carboxylic acids is 1. The van der Waals surface area contributed by atoms with Crippen molar-refractivity contribution >= 4 is 28.3 Å². The fourth-order valence-electron chi connectivity index (χ4n) is 0.705. The Balaban J connectivity index is 0.00000144. The predicted octanol–water partition coefficient (Wildman–Crippen LogP) is -3.48. The zero-order valence-electron chi connectivity index (χ0n) is 7.46. The zero-order valence-corrected chi connectivity index (χ0v) is 10.3. The van der Waals surface area contributed by atoms with Crippen LogP contribution in [0.3, 0.4) is 0 Å². The number of anilines is 2. The molecule has 0 unspecified atom stereocenters. The van der Waals surface area contributed by atoms with Gasteiger partial charge < -0.3 is 21.0 Å². The first kappa shape index (κ1) is 12.7. The maximum Gasteiger partial charge on any atom is 1.00 e. The van der Waals surface area contributed by atoms with Crippen molar-refractivity contribution in [1.82, 2.24) is 4.98 Å². The smallest absolute Gasteiger partial charge is 0.544 e. The van der Waals surface area contributed by atoms with E-state index in [-0.39, 0.29) is 40.3 Å². The Morgan fingerprint density at radius 1 is 1.77 bits per heavy atom. The maximum absolute atomic E-state index is 10.4. The van der Waals surface area contributed by atoms with Gasteiger partial charge in [-0.15, -0.1) is 0 Å². The Bertz CT molecular complexity index is 302. The number of aromatic nitrogens is 1. The van der Waals surface area contributed by atoms with Gasteiger partial charge in [-0.1, -0.05) is 11.3 Å². The first-order valence-corrected chi connectivity index (χ1v) is 4.18. The molecular weight excluding hydrogens is 201 g/mol. The Hall–Kier alpha value is -0.300. The normalized spacial score (nSPS) is 9.00. The van der Waals surface area contributed by atoms with Crippen LogP contribution in [-0.2, 0) is 0 Å². The summed E-state index contributed by atoms with van der Waals surface area (Å²) in [7, 11) is 0. The fourth-order valence-corrected chi connectivity index (χ4v) is 1.49. The Labute approximate surface area is 102 Å². The Morgan fingerprint density at radius 2 is 2.38 bits per heavy atom. The third-order valence-corrected chi connectivity index (χ3v) is 2.18. The second-order valence-electron chi connectivity index (χ2n) is 2.05. The molecule has 5 nitrogen and oxygen atoms in total. The molecule has 13 heavy (non-hydrogen) atoms. The van der Waals surface area contributed by atoms with Crippen LogP contribution in [0, 0.1) is 0 Å². The van der Waals surface area contributed by atoms with Gasteiger partial charge in [0, 0.05) is 6.54 Å². The molecular formula is C6H8N3NaO2S. The van der Waals surface area contributed by atoms with Crippen molar-refractivity contribution in [2.24, 2.45) is 0 Å². The van der Waals surface area contributed by atoms with Gasteiger partial charge in [-0.2, -0.15) is 0 Å². The summed E-state index contributed by atoms with van der Waals surface area (Å²) in [6.45, 7) is 2.57. The van der Waals surface area contributed by atoms with E-state index in [0.29, 0.717) is 11.7 Å². The quantitative estimate of drug-likeness (QED) is 0.505. The predicted molar refractivity (Wildman–Crippen MR) is 45.0 cm³/mol. The van der Waals surface area contributed by atoms with Gasteiger partial charge in [0.25, 0.3) is 0 Å². The van der Waals surface area contributed by atoms with Gasteiger partial charge in [0.2, 0.25) is 0 Å². The molecule has 66 valence electrons. The summed E-state index contributed by atoms with van der Waals surface area (Å²) in [5, 5.41) is 13.8. The number of rotatable bonds is 3. The summed E-state index contributed by atoms with van der Waals surface area (Å²) < 4.78 is 0. The number of nitrogen functional groups attached to an aromatic ring is 1. The van der Waals surface area contributed by atoms with Gasteiger partial charge in [0.1, 0.15) is 5.82 Å². The van der Waals surface area contributed by atoms with Crippen molar-refractivity contribution in [3.63, 3.8) is 0 Å². The van der Waals surface area contributed by atoms with E-state index >= 15 is 0 Å². The van der Waals surface area contributed by atoms with Crippen LogP contribution in [0.5, 0.6) is 0 Å². The molecule has 0 radical (unpaired) electrons. The minimum absolute atomic E-state index is 0. The van der Waals surface area contributed by atoms with Crippen molar-refractivity contribution in [2.45, 2.75) is 6.92 Å². The fraction of sp³-hybridized carbons (Fsp3) is 0.333. The van der Waals surface area contributed by atoms with Gasteiger partial charge in [-0.3, -0.25) is 0 Å². The molecule has 0 aliphatic carbocycles. The molecule has 0 aromatic carbocycles. The topological polar surface area (TPSA) is 91.1 Å². The van der Waals surface area contributed by atoms with Crippen molar-refractivity contribution in [3.05, 3.63) is 4.88 Å². The minimum Gasteiger partial charge on any atom is -0.544 e. The van der Waals surface area contributed by atoms with Gasteiger partial charge in [-0.25, -0.2) is 4.98 Å². The number of hydrogen-bond acceptors (Lipinski definition) is 6. The molecule has 0 aliphatic heterocycles. The molecule has 0 aliphatic rings. The molecule has 0 spiro atoms. The molecule has 1 rings (SSSR count). The average molecular weight is 209 g/mol. The number of nitrogens with two attached hydrogens (primary N) is 1. The maximum atomic E-state index is 10.4. The van der Waals surface area contributed by atoms with Crippen LogP contribution in [0.15, 0.2) is 0 Å². The number of aromatic carboxylic acids is 1. The van der Waals surface area contributed by atoms with Crippen LogP contribution < -0.4 is 45.7 Å². The van der Waals surface area contributed by atoms with E-state index in [1.165, 1.54) is 0 Å². The van der Waals surface area contributed by atoms with E-state index in [1.54, 1.807) is 0 Å². The van der Waals surface area contributed by atoms with Crippen molar-refractivity contribution in [3.8, 4) is 0 Å². The third kappa shape index (κ3) is 3.15. The van der Waals surface area contributed by atoms with Crippen LogP contribution in [-0.4, -0.2) is 17.5 Å². The van der Waals surface area contributed by atoms with Gasteiger partial charge in [-0.05, 0) is 6.92 Å². The Morgan fingerprint density at radius 3 is 2.77 bits per heavy atom. The van der Waals surface area contributed by atoms with E-state index in [9.17, 15) is 9.90 Å². The molecule has 1 heterocycles. The number of carboxylic acids is 1. The molecule has 1 aromatic rings. The molecule has 0 amide bonds. The summed E-state index contributed by atoms with van der Waals surface area (Å²) >= 11 is 0.983. The van der Waals surface area contributed by atoms with Crippen molar-refractivity contribution < 1.29 is 39.5 Å². The van der Waals surface area contributed by atoms with Crippen LogP contribution in [0.4, 0.5) is 10.9 Å². The third-order valence-electron chi connectivity index (χ3n) is 1.17. The number of nitrogens with one attached hydrogen (secondary N) is 1. The number of thiazole rings is 1. The van der Waals surface area contributed by atoms with Crippen LogP contribution in [0.1, 0.15) is 16.6 Å². The molecule has 0 fully saturated rings. The summed E-state index contributed by atoms with van der Waals surface area (Å²) in [5.74, 6) is -1.27. The van der Waals surface area contributed by atoms with Crippen molar-refractivity contribution in [1.29, 1.82) is 0 Å². The summed E-state index contributed by atoms with van der Waals surface area (Å²) in [6.07, 6.45) is 0. The van der Waals surface area contributed by atoms with Crippen LogP contribution >= 0.6 is 11.3 Å². The SMILES string of the molecule is CCNc1nc(N)c(C(=O)[O-])s1.[Na+]. The number of carboxylic acid groups (broad SMARTS) is 1. The minimum atomic E-state index is -1.28. The van der Waals surface area contributed by atoms with Crippen molar-refractivity contribution in [2.75, 3.05) is 17.6 Å². The standard InChI is InChI=1S/C6H9N3O2S.Na/c1-2-8-6-9-4(7)3(12-6)5(10)11;/h2,7H2,1H3,(H,8,9)(H,10,11);/q;+1/p-1. The second kappa shape index (κ2) is 5.43. The van der Waals surface area contributed by atoms with Gasteiger partial charge in [0.05, 0.1) is 10.8 Å². The molecule has 0 saturated heterocycles. The first-order chi connectivity index (χ1) is 5.65. The van der Waals surface area contributed by atoms with E-state index in [1.807, 2.05) is 6.92 Å². The van der Waals surface area contributed by atoms with E-state index in [4.69, 9.17) is 5.73 Å². The molecule has 1 aromatic heterocycles. The first-order valence-electron chi connectivity index (χ1n) is 3.36.